The molecule has 20 heavy (non-hydrogen) atoms. The third-order valence-corrected chi connectivity index (χ3v) is 4.49. The summed E-state index contributed by atoms with van der Waals surface area (Å²) in [7, 11) is 0.905. The lowest BCUT2D eigenvalue weighted by molar-refractivity contribution is 0.372. The Labute approximate surface area is 122 Å². The molecule has 2 aromatic rings. The summed E-state index contributed by atoms with van der Waals surface area (Å²) in [6.45, 7) is 9.13. The molecule has 0 aliphatic carbocycles. The topological polar surface area (TPSA) is 20.2 Å². The number of phenolic OH excluding ortho intramolecular Hbond substituents is 1. The average Bonchev–Trinajstić information content (AvgIpc) is 2.42. The summed E-state index contributed by atoms with van der Waals surface area (Å²) in [4.78, 5) is 0. The largest absolute Gasteiger partial charge is 0.508 e. The fraction of sp³-hybridized carbons (Fsp3) is 0.333. The second kappa shape index (κ2) is 5.74. The van der Waals surface area contributed by atoms with Crippen LogP contribution in [0.15, 0.2) is 48.5 Å². The maximum Gasteiger partial charge on any atom is 0.192 e. The monoisotopic (exact) mass is 266 g/mol. The van der Waals surface area contributed by atoms with Crippen LogP contribution in [-0.4, -0.2) is 12.4 Å². The van der Waals surface area contributed by atoms with Gasteiger partial charge in [-0.25, -0.2) is 0 Å². The zero-order chi connectivity index (χ0) is 14.8. The summed E-state index contributed by atoms with van der Waals surface area (Å²) in [5.74, 6) is 0.938. The van der Waals surface area contributed by atoms with E-state index in [0.717, 1.165) is 7.28 Å². The fourth-order valence-electron chi connectivity index (χ4n) is 2.23. The first-order chi connectivity index (χ1) is 9.39. The van der Waals surface area contributed by atoms with Crippen LogP contribution < -0.4 is 10.9 Å². The standard InChI is InChI=1S/C18H23BO/c1-13(2)18(3,4)14-5-7-15(8-6-14)19-16-9-11-17(20)12-10-16/h5-13,19-20H,1-4H3. The lowest BCUT2D eigenvalue weighted by Gasteiger charge is -2.30. The quantitative estimate of drug-likeness (QED) is 0.844. The van der Waals surface area contributed by atoms with E-state index in [-0.39, 0.29) is 5.41 Å². The highest BCUT2D eigenvalue weighted by Gasteiger charge is 2.24. The van der Waals surface area contributed by atoms with Crippen LogP contribution in [0.3, 0.4) is 0 Å². The SMILES string of the molecule is CC(C)C(C)(C)c1ccc(Bc2ccc(O)cc2)cc1. The molecule has 1 nitrogen and oxygen atoms in total. The summed E-state index contributed by atoms with van der Waals surface area (Å²) >= 11 is 0. The van der Waals surface area contributed by atoms with Crippen molar-refractivity contribution in [3.63, 3.8) is 0 Å². The van der Waals surface area contributed by atoms with Crippen LogP contribution >= 0.6 is 0 Å². The predicted octanol–water partition coefficient (Wildman–Crippen LogP) is 2.71. The molecule has 1 N–H and O–H groups in total. The average molecular weight is 266 g/mol. The summed E-state index contributed by atoms with van der Waals surface area (Å²) in [5, 5.41) is 9.30. The smallest absolute Gasteiger partial charge is 0.192 e. The zero-order valence-corrected chi connectivity index (χ0v) is 12.9. The second-order valence-corrected chi connectivity index (χ2v) is 6.42. The lowest BCUT2D eigenvalue weighted by atomic mass is 9.63. The van der Waals surface area contributed by atoms with Gasteiger partial charge in [0.15, 0.2) is 7.28 Å². The van der Waals surface area contributed by atoms with Crippen molar-refractivity contribution in [1.82, 2.24) is 0 Å². The molecule has 2 rings (SSSR count). The summed E-state index contributed by atoms with van der Waals surface area (Å²) in [6, 6.07) is 16.4. The Morgan fingerprint density at radius 2 is 1.30 bits per heavy atom. The number of aromatic hydroxyl groups is 1. The van der Waals surface area contributed by atoms with E-state index in [9.17, 15) is 5.11 Å². The molecule has 0 atom stereocenters. The predicted molar refractivity (Wildman–Crippen MR) is 88.8 cm³/mol. The van der Waals surface area contributed by atoms with Gasteiger partial charge in [0.05, 0.1) is 0 Å². The van der Waals surface area contributed by atoms with Gasteiger partial charge in [-0.1, -0.05) is 75.0 Å². The van der Waals surface area contributed by atoms with Gasteiger partial charge in [-0.05, 0) is 29.0 Å². The Balaban J connectivity index is 2.14. The molecule has 0 unspecified atom stereocenters. The first-order valence-corrected chi connectivity index (χ1v) is 7.27. The third kappa shape index (κ3) is 3.25. The van der Waals surface area contributed by atoms with E-state index in [1.165, 1.54) is 16.5 Å². The lowest BCUT2D eigenvalue weighted by Crippen LogP contribution is -2.28. The Bertz CT molecular complexity index is 553. The minimum absolute atomic E-state index is 0.205. The van der Waals surface area contributed by atoms with Crippen molar-refractivity contribution < 1.29 is 5.11 Å². The molecular weight excluding hydrogens is 243 g/mol. The Kier molecular flexibility index (Phi) is 4.22. The van der Waals surface area contributed by atoms with Gasteiger partial charge in [0, 0.05) is 0 Å². The van der Waals surface area contributed by atoms with Crippen LogP contribution in [0.4, 0.5) is 0 Å². The van der Waals surface area contributed by atoms with E-state index in [1.807, 2.05) is 12.1 Å². The van der Waals surface area contributed by atoms with Crippen molar-refractivity contribution in [1.29, 1.82) is 0 Å². The molecule has 0 saturated carbocycles. The van der Waals surface area contributed by atoms with Crippen LogP contribution in [0.2, 0.25) is 0 Å². The summed E-state index contributed by atoms with van der Waals surface area (Å²) in [6.07, 6.45) is 0. The molecule has 104 valence electrons. The molecule has 0 amide bonds. The highest BCUT2D eigenvalue weighted by molar-refractivity contribution is 6.67. The fourth-order valence-corrected chi connectivity index (χ4v) is 2.23. The second-order valence-electron chi connectivity index (χ2n) is 6.42. The molecule has 0 fully saturated rings. The van der Waals surface area contributed by atoms with Gasteiger partial charge < -0.3 is 5.11 Å². The molecule has 0 aliphatic rings. The molecular formula is C18H23BO. The van der Waals surface area contributed by atoms with Crippen molar-refractivity contribution in [2.45, 2.75) is 33.1 Å². The van der Waals surface area contributed by atoms with Crippen LogP contribution in [0, 0.1) is 5.92 Å². The molecule has 0 saturated heterocycles. The van der Waals surface area contributed by atoms with Gasteiger partial charge >= 0.3 is 0 Å². The van der Waals surface area contributed by atoms with Crippen molar-refractivity contribution in [3.05, 3.63) is 54.1 Å². The highest BCUT2D eigenvalue weighted by Crippen LogP contribution is 2.30. The van der Waals surface area contributed by atoms with Crippen LogP contribution in [-0.2, 0) is 5.41 Å². The maximum atomic E-state index is 9.30. The molecule has 0 aliphatic heterocycles. The van der Waals surface area contributed by atoms with E-state index in [0.29, 0.717) is 11.7 Å². The van der Waals surface area contributed by atoms with Crippen LogP contribution in [0.1, 0.15) is 33.3 Å². The number of hydrogen-bond acceptors (Lipinski definition) is 1. The molecule has 2 heteroatoms. The van der Waals surface area contributed by atoms with Gasteiger partial charge in [-0.2, -0.15) is 0 Å². The Hall–Kier alpha value is -1.70. The number of phenols is 1. The van der Waals surface area contributed by atoms with E-state index in [1.54, 1.807) is 12.1 Å². The van der Waals surface area contributed by atoms with Crippen molar-refractivity contribution in [2.24, 2.45) is 5.92 Å². The van der Waals surface area contributed by atoms with E-state index in [4.69, 9.17) is 0 Å². The maximum absolute atomic E-state index is 9.30. The Morgan fingerprint density at radius 3 is 1.75 bits per heavy atom. The van der Waals surface area contributed by atoms with Crippen molar-refractivity contribution >= 4 is 18.2 Å². The van der Waals surface area contributed by atoms with Crippen LogP contribution in [0.5, 0.6) is 5.75 Å². The molecule has 0 aromatic heterocycles. The van der Waals surface area contributed by atoms with Gasteiger partial charge in [0.2, 0.25) is 0 Å². The minimum atomic E-state index is 0.205. The first kappa shape index (κ1) is 14.7. The molecule has 2 aromatic carbocycles. The summed E-state index contributed by atoms with van der Waals surface area (Å²) < 4.78 is 0. The van der Waals surface area contributed by atoms with Gasteiger partial charge in [0.25, 0.3) is 0 Å². The third-order valence-electron chi connectivity index (χ3n) is 4.49. The molecule has 0 spiro atoms. The van der Waals surface area contributed by atoms with Crippen LogP contribution in [0.25, 0.3) is 0 Å². The zero-order valence-electron chi connectivity index (χ0n) is 12.9. The molecule has 0 heterocycles. The van der Waals surface area contributed by atoms with E-state index >= 15 is 0 Å². The normalized spacial score (nSPS) is 11.7. The van der Waals surface area contributed by atoms with Gasteiger partial charge in [0.1, 0.15) is 5.75 Å². The first-order valence-electron chi connectivity index (χ1n) is 7.27. The van der Waals surface area contributed by atoms with Gasteiger partial charge in [-0.3, -0.25) is 0 Å². The van der Waals surface area contributed by atoms with E-state index in [2.05, 4.69) is 52.0 Å². The van der Waals surface area contributed by atoms with Crippen molar-refractivity contribution in [3.8, 4) is 5.75 Å². The number of hydrogen-bond donors (Lipinski definition) is 1. The number of benzene rings is 2. The molecule has 0 radical (unpaired) electrons. The van der Waals surface area contributed by atoms with E-state index < -0.39 is 0 Å². The summed E-state index contributed by atoms with van der Waals surface area (Å²) in [5.41, 5.74) is 4.12. The number of rotatable bonds is 4. The van der Waals surface area contributed by atoms with Crippen molar-refractivity contribution in [2.75, 3.05) is 0 Å². The molecule has 0 bridgehead atoms. The van der Waals surface area contributed by atoms with Gasteiger partial charge in [-0.15, -0.1) is 0 Å². The minimum Gasteiger partial charge on any atom is -0.508 e. The Morgan fingerprint density at radius 1 is 0.850 bits per heavy atom. The highest BCUT2D eigenvalue weighted by atomic mass is 16.3.